The highest BCUT2D eigenvalue weighted by atomic mass is 35.5. The maximum Gasteiger partial charge on any atom is 0.231 e. The van der Waals surface area contributed by atoms with Crippen LogP contribution in [0.5, 0.6) is 11.5 Å². The lowest BCUT2D eigenvalue weighted by molar-refractivity contribution is 0.173. The van der Waals surface area contributed by atoms with Crippen molar-refractivity contribution in [2.45, 2.75) is 13.0 Å². The molecule has 1 aromatic carbocycles. The minimum Gasteiger partial charge on any atom is -0.454 e. The molecule has 0 aliphatic carbocycles. The Kier molecular flexibility index (Phi) is 4.69. The van der Waals surface area contributed by atoms with E-state index in [0.29, 0.717) is 10.8 Å². The summed E-state index contributed by atoms with van der Waals surface area (Å²) in [6.45, 7) is 2.86. The molecule has 0 unspecified atom stereocenters. The van der Waals surface area contributed by atoms with E-state index in [4.69, 9.17) is 25.8 Å². The van der Waals surface area contributed by atoms with Crippen molar-refractivity contribution in [1.82, 2.24) is 4.90 Å². The number of methoxy groups -OCH3 is 1. The number of nitrogens with zero attached hydrogens (tertiary/aromatic N) is 1. The van der Waals surface area contributed by atoms with Crippen molar-refractivity contribution in [1.29, 1.82) is 0 Å². The highest BCUT2D eigenvalue weighted by Gasteiger charge is 2.18. The third kappa shape index (κ3) is 3.28. The Morgan fingerprint density at radius 3 is 3.00 bits per heavy atom. The predicted octanol–water partition coefficient (Wildman–Crippen LogP) is 2.54. The van der Waals surface area contributed by atoms with Crippen LogP contribution in [0, 0.1) is 0 Å². The average molecular weight is 272 g/mol. The number of fused-ring (bicyclic) bond motifs is 1. The molecule has 0 radical (unpaired) electrons. The Balaban J connectivity index is 1.95. The van der Waals surface area contributed by atoms with E-state index in [9.17, 15) is 0 Å². The molecule has 0 fully saturated rings. The molecule has 18 heavy (non-hydrogen) atoms. The minimum absolute atomic E-state index is 0.252. The lowest BCUT2D eigenvalue weighted by atomic mass is 10.2. The number of ether oxygens (including phenoxy) is 3. The molecule has 100 valence electrons. The van der Waals surface area contributed by atoms with Crippen LogP contribution in [-0.4, -0.2) is 39.0 Å². The van der Waals surface area contributed by atoms with Crippen LogP contribution in [0.2, 0.25) is 5.02 Å². The van der Waals surface area contributed by atoms with Crippen LogP contribution in [0.1, 0.15) is 12.0 Å². The summed E-state index contributed by atoms with van der Waals surface area (Å²) in [6.07, 6.45) is 1.02. The van der Waals surface area contributed by atoms with E-state index in [1.165, 1.54) is 0 Å². The molecule has 0 amide bonds. The number of halogens is 1. The van der Waals surface area contributed by atoms with Gasteiger partial charge >= 0.3 is 0 Å². The molecule has 1 aromatic rings. The van der Waals surface area contributed by atoms with Crippen molar-refractivity contribution in [2.24, 2.45) is 0 Å². The Hall–Kier alpha value is -0.970. The van der Waals surface area contributed by atoms with E-state index in [1.54, 1.807) is 7.11 Å². The summed E-state index contributed by atoms with van der Waals surface area (Å²) in [4.78, 5) is 2.23. The molecule has 0 saturated carbocycles. The minimum atomic E-state index is 0.252. The van der Waals surface area contributed by atoms with Crippen LogP contribution >= 0.6 is 11.6 Å². The average Bonchev–Trinajstić information content (AvgIpc) is 2.78. The summed E-state index contributed by atoms with van der Waals surface area (Å²) in [6, 6.07) is 3.92. The topological polar surface area (TPSA) is 30.9 Å². The molecule has 0 aromatic heterocycles. The molecule has 0 saturated heterocycles. The Bertz CT molecular complexity index is 411. The Morgan fingerprint density at radius 1 is 1.39 bits per heavy atom. The van der Waals surface area contributed by atoms with Gasteiger partial charge in [0.15, 0.2) is 11.5 Å². The first kappa shape index (κ1) is 13.5. The quantitative estimate of drug-likeness (QED) is 0.744. The summed E-state index contributed by atoms with van der Waals surface area (Å²) in [5, 5.41) is 0.616. The SMILES string of the molecule is COCCCN(C)Cc1cc(Cl)c2c(c1)OCO2. The normalized spacial score (nSPS) is 13.3. The van der Waals surface area contributed by atoms with Crippen LogP contribution in [0.4, 0.5) is 0 Å². The monoisotopic (exact) mass is 271 g/mol. The third-order valence-electron chi connectivity index (χ3n) is 2.83. The van der Waals surface area contributed by atoms with E-state index in [0.717, 1.165) is 37.4 Å². The molecule has 0 atom stereocenters. The first-order valence-electron chi connectivity index (χ1n) is 5.96. The molecule has 5 heteroatoms. The molecule has 1 aliphatic heterocycles. The van der Waals surface area contributed by atoms with Gasteiger partial charge in [-0.3, -0.25) is 0 Å². The summed E-state index contributed by atoms with van der Waals surface area (Å²) in [7, 11) is 3.80. The van der Waals surface area contributed by atoms with Crippen molar-refractivity contribution >= 4 is 11.6 Å². The van der Waals surface area contributed by atoms with Gasteiger partial charge in [0, 0.05) is 26.8 Å². The van der Waals surface area contributed by atoms with Gasteiger partial charge in [-0.1, -0.05) is 11.6 Å². The predicted molar refractivity (Wildman–Crippen MR) is 70.4 cm³/mol. The zero-order valence-corrected chi connectivity index (χ0v) is 11.5. The van der Waals surface area contributed by atoms with Crippen molar-refractivity contribution in [2.75, 3.05) is 34.1 Å². The van der Waals surface area contributed by atoms with Gasteiger partial charge in [-0.15, -0.1) is 0 Å². The Morgan fingerprint density at radius 2 is 2.22 bits per heavy atom. The van der Waals surface area contributed by atoms with Crippen LogP contribution in [-0.2, 0) is 11.3 Å². The highest BCUT2D eigenvalue weighted by Crippen LogP contribution is 2.39. The smallest absolute Gasteiger partial charge is 0.231 e. The highest BCUT2D eigenvalue weighted by molar-refractivity contribution is 6.32. The standard InChI is InChI=1S/C13H18ClNO3/c1-15(4-3-5-16-2)8-10-6-11(14)13-12(7-10)17-9-18-13/h6-7H,3-5,8-9H2,1-2H3. The van der Waals surface area contributed by atoms with Crippen molar-refractivity contribution < 1.29 is 14.2 Å². The van der Waals surface area contributed by atoms with Crippen LogP contribution < -0.4 is 9.47 Å². The zero-order chi connectivity index (χ0) is 13.0. The molecule has 4 nitrogen and oxygen atoms in total. The van der Waals surface area contributed by atoms with Gasteiger partial charge in [0.05, 0.1) is 5.02 Å². The summed E-state index contributed by atoms with van der Waals surface area (Å²) in [5.41, 5.74) is 1.13. The molecular weight excluding hydrogens is 254 g/mol. The van der Waals surface area contributed by atoms with Gasteiger partial charge in [-0.05, 0) is 31.2 Å². The molecule has 0 N–H and O–H groups in total. The zero-order valence-electron chi connectivity index (χ0n) is 10.7. The number of hydrogen-bond acceptors (Lipinski definition) is 4. The number of benzene rings is 1. The van der Waals surface area contributed by atoms with Crippen molar-refractivity contribution in [3.63, 3.8) is 0 Å². The first-order chi connectivity index (χ1) is 8.70. The second-order valence-electron chi connectivity index (χ2n) is 4.40. The van der Waals surface area contributed by atoms with Crippen LogP contribution in [0.3, 0.4) is 0 Å². The van der Waals surface area contributed by atoms with E-state index in [2.05, 4.69) is 11.9 Å². The van der Waals surface area contributed by atoms with Gasteiger partial charge in [0.2, 0.25) is 6.79 Å². The molecular formula is C13H18ClNO3. The maximum atomic E-state index is 6.14. The van der Waals surface area contributed by atoms with Crippen molar-refractivity contribution in [3.05, 3.63) is 22.7 Å². The fourth-order valence-electron chi connectivity index (χ4n) is 1.98. The maximum absolute atomic E-state index is 6.14. The third-order valence-corrected chi connectivity index (χ3v) is 3.11. The largest absolute Gasteiger partial charge is 0.454 e. The lowest BCUT2D eigenvalue weighted by Gasteiger charge is -2.16. The second-order valence-corrected chi connectivity index (χ2v) is 4.80. The van der Waals surface area contributed by atoms with Crippen molar-refractivity contribution in [3.8, 4) is 11.5 Å². The number of hydrogen-bond donors (Lipinski definition) is 0. The molecule has 1 heterocycles. The lowest BCUT2D eigenvalue weighted by Crippen LogP contribution is -2.20. The molecule has 0 spiro atoms. The summed E-state index contributed by atoms with van der Waals surface area (Å²) < 4.78 is 15.7. The van der Waals surface area contributed by atoms with E-state index in [-0.39, 0.29) is 6.79 Å². The fraction of sp³-hybridized carbons (Fsp3) is 0.538. The van der Waals surface area contributed by atoms with E-state index >= 15 is 0 Å². The fourth-order valence-corrected chi connectivity index (χ4v) is 2.27. The summed E-state index contributed by atoms with van der Waals surface area (Å²) in [5.74, 6) is 1.39. The molecule has 0 bridgehead atoms. The van der Waals surface area contributed by atoms with E-state index < -0.39 is 0 Å². The first-order valence-corrected chi connectivity index (χ1v) is 6.34. The van der Waals surface area contributed by atoms with Gasteiger partial charge in [0.25, 0.3) is 0 Å². The van der Waals surface area contributed by atoms with Gasteiger partial charge in [-0.25, -0.2) is 0 Å². The summed E-state index contributed by atoms with van der Waals surface area (Å²) >= 11 is 6.14. The Labute approximate surface area is 112 Å². The van der Waals surface area contributed by atoms with Crippen LogP contribution in [0.25, 0.3) is 0 Å². The van der Waals surface area contributed by atoms with Gasteiger partial charge in [-0.2, -0.15) is 0 Å². The molecule has 2 rings (SSSR count). The van der Waals surface area contributed by atoms with E-state index in [1.807, 2.05) is 12.1 Å². The van der Waals surface area contributed by atoms with Crippen LogP contribution in [0.15, 0.2) is 12.1 Å². The van der Waals surface area contributed by atoms with Gasteiger partial charge < -0.3 is 19.1 Å². The second kappa shape index (κ2) is 6.27. The van der Waals surface area contributed by atoms with Gasteiger partial charge in [0.1, 0.15) is 0 Å². The molecule has 1 aliphatic rings. The number of rotatable bonds is 6.